The van der Waals surface area contributed by atoms with Gasteiger partial charge in [-0.05, 0) is 37.5 Å². The number of piperazine rings is 1. The van der Waals surface area contributed by atoms with Gasteiger partial charge in [-0.15, -0.1) is 0 Å². The molecule has 6 nitrogen and oxygen atoms in total. The number of halogens is 1. The number of amides is 1. The molecule has 7 heteroatoms. The van der Waals surface area contributed by atoms with Crippen molar-refractivity contribution in [2.75, 3.05) is 31.1 Å². The molecule has 1 aromatic carbocycles. The van der Waals surface area contributed by atoms with Crippen LogP contribution >= 0.6 is 0 Å². The first-order valence-electron chi connectivity index (χ1n) is 11.1. The van der Waals surface area contributed by atoms with Crippen molar-refractivity contribution < 1.29 is 9.18 Å². The van der Waals surface area contributed by atoms with Gasteiger partial charge in [-0.3, -0.25) is 14.6 Å². The van der Waals surface area contributed by atoms with Gasteiger partial charge in [0.2, 0.25) is 0 Å². The van der Waals surface area contributed by atoms with Crippen molar-refractivity contribution in [3.63, 3.8) is 0 Å². The van der Waals surface area contributed by atoms with E-state index in [2.05, 4.69) is 4.98 Å². The van der Waals surface area contributed by atoms with Crippen molar-refractivity contribution in [2.45, 2.75) is 25.8 Å². The largest absolute Gasteiger partial charge is 0.366 e. The molecule has 0 saturated carbocycles. The molecule has 0 N–H and O–H groups in total. The fourth-order valence-corrected chi connectivity index (χ4v) is 4.77. The first kappa shape index (κ1) is 20.4. The first-order chi connectivity index (χ1) is 15.6. The van der Waals surface area contributed by atoms with E-state index in [0.29, 0.717) is 56.0 Å². The van der Waals surface area contributed by atoms with Crippen LogP contribution < -0.4 is 10.5 Å². The molecule has 2 aliphatic heterocycles. The number of rotatable bonds is 3. The number of hydrogen-bond donors (Lipinski definition) is 0. The van der Waals surface area contributed by atoms with Crippen molar-refractivity contribution in [1.82, 2.24) is 14.5 Å². The lowest BCUT2D eigenvalue weighted by atomic mass is 9.94. The summed E-state index contributed by atoms with van der Waals surface area (Å²) in [6.07, 6.45) is 5.98. The highest BCUT2D eigenvalue weighted by atomic mass is 19.1. The molecule has 5 rings (SSSR count). The summed E-state index contributed by atoms with van der Waals surface area (Å²) in [5, 5.41) is 0. The molecule has 164 valence electrons. The second-order valence-electron chi connectivity index (χ2n) is 8.30. The van der Waals surface area contributed by atoms with Gasteiger partial charge in [-0.2, -0.15) is 0 Å². The van der Waals surface area contributed by atoms with Gasteiger partial charge in [-0.1, -0.05) is 18.2 Å². The Kier molecular flexibility index (Phi) is 5.47. The maximum Gasteiger partial charge on any atom is 0.256 e. The van der Waals surface area contributed by atoms with Crippen LogP contribution in [0.4, 0.5) is 10.1 Å². The average Bonchev–Trinajstić information content (AvgIpc) is 2.85. The Morgan fingerprint density at radius 1 is 0.969 bits per heavy atom. The molecule has 4 heterocycles. The molecule has 0 spiro atoms. The molecule has 0 radical (unpaired) electrons. The molecule has 32 heavy (non-hydrogen) atoms. The van der Waals surface area contributed by atoms with Crippen molar-refractivity contribution in [1.29, 1.82) is 0 Å². The fraction of sp³-hybridized carbons (Fsp3) is 0.320. The van der Waals surface area contributed by atoms with Crippen LogP contribution in [0.2, 0.25) is 0 Å². The summed E-state index contributed by atoms with van der Waals surface area (Å²) in [5.41, 5.74) is 3.35. The molecule has 2 aromatic heterocycles. The Balaban J connectivity index is 1.49. The monoisotopic (exact) mass is 432 g/mol. The number of benzene rings is 1. The number of fused-ring (bicyclic) bond motifs is 1. The van der Waals surface area contributed by atoms with Crippen molar-refractivity contribution in [3.8, 4) is 11.1 Å². The SMILES string of the molecule is O=C(c1c(-c2cccnc2)cc(=O)n2c1CCCC2)N1CCN(c2ccccc2F)CC1. The van der Waals surface area contributed by atoms with Crippen LogP contribution in [0, 0.1) is 5.82 Å². The number of para-hydroxylation sites is 1. The standard InChI is InChI=1S/C25H25FN4O2/c26-20-7-1-2-8-21(20)28-12-14-29(15-13-28)25(32)24-19(18-6-5-10-27-17-18)16-23(31)30-11-4-3-9-22(24)30/h1-2,5-8,10,16-17H,3-4,9,11-15H2. The van der Waals surface area contributed by atoms with E-state index in [1.165, 1.54) is 6.07 Å². The van der Waals surface area contributed by atoms with Gasteiger partial charge in [0, 0.05) is 68.0 Å². The van der Waals surface area contributed by atoms with E-state index in [-0.39, 0.29) is 17.3 Å². The van der Waals surface area contributed by atoms with Gasteiger partial charge in [0.25, 0.3) is 11.5 Å². The molecule has 0 atom stereocenters. The number of carbonyl (C=O) groups excluding carboxylic acids is 1. The lowest BCUT2D eigenvalue weighted by molar-refractivity contribution is 0.0744. The normalized spacial score (nSPS) is 16.0. The zero-order chi connectivity index (χ0) is 22.1. The van der Waals surface area contributed by atoms with Gasteiger partial charge in [0.15, 0.2) is 0 Å². The number of pyridine rings is 2. The summed E-state index contributed by atoms with van der Waals surface area (Å²) >= 11 is 0. The molecule has 2 aliphatic rings. The van der Waals surface area contributed by atoms with Crippen LogP contribution in [0.5, 0.6) is 0 Å². The molecular weight excluding hydrogens is 407 g/mol. The van der Waals surface area contributed by atoms with E-state index in [4.69, 9.17) is 0 Å². The lowest BCUT2D eigenvalue weighted by Crippen LogP contribution is -2.49. The Hall–Kier alpha value is -3.48. The minimum atomic E-state index is -0.248. The van der Waals surface area contributed by atoms with E-state index in [1.54, 1.807) is 35.2 Å². The Bertz CT molecular complexity index is 1200. The number of hydrogen-bond acceptors (Lipinski definition) is 4. The number of carbonyl (C=O) groups is 1. The second kappa shape index (κ2) is 8.57. The van der Waals surface area contributed by atoms with Gasteiger partial charge >= 0.3 is 0 Å². The highest BCUT2D eigenvalue weighted by Crippen LogP contribution is 2.29. The van der Waals surface area contributed by atoms with Crippen LogP contribution in [0.25, 0.3) is 11.1 Å². The first-order valence-corrected chi connectivity index (χ1v) is 11.1. The minimum Gasteiger partial charge on any atom is -0.366 e. The second-order valence-corrected chi connectivity index (χ2v) is 8.30. The molecule has 0 unspecified atom stereocenters. The average molecular weight is 432 g/mol. The number of nitrogens with zero attached hydrogens (tertiary/aromatic N) is 4. The molecule has 3 aromatic rings. The Labute approximate surface area is 185 Å². The third-order valence-corrected chi connectivity index (χ3v) is 6.41. The topological polar surface area (TPSA) is 58.4 Å². The van der Waals surface area contributed by atoms with Crippen LogP contribution in [0.3, 0.4) is 0 Å². The van der Waals surface area contributed by atoms with Gasteiger partial charge in [0.1, 0.15) is 5.82 Å². The quantitative estimate of drug-likeness (QED) is 0.637. The van der Waals surface area contributed by atoms with Crippen molar-refractivity contribution in [3.05, 3.63) is 82.3 Å². The third kappa shape index (κ3) is 3.68. The molecule has 1 fully saturated rings. The minimum absolute atomic E-state index is 0.0670. The van der Waals surface area contributed by atoms with E-state index >= 15 is 0 Å². The van der Waals surface area contributed by atoms with Crippen LogP contribution in [0.15, 0.2) is 59.7 Å². The molecule has 1 amide bonds. The smallest absolute Gasteiger partial charge is 0.256 e. The molecule has 1 saturated heterocycles. The fourth-order valence-electron chi connectivity index (χ4n) is 4.77. The number of anilines is 1. The van der Waals surface area contributed by atoms with Crippen molar-refractivity contribution >= 4 is 11.6 Å². The van der Waals surface area contributed by atoms with Gasteiger partial charge < -0.3 is 14.4 Å². The summed E-state index contributed by atoms with van der Waals surface area (Å²) in [5.74, 6) is -0.315. The third-order valence-electron chi connectivity index (χ3n) is 6.41. The summed E-state index contributed by atoms with van der Waals surface area (Å²) in [6, 6.07) is 12.0. The summed E-state index contributed by atoms with van der Waals surface area (Å²) in [4.78, 5) is 34.6. The van der Waals surface area contributed by atoms with Gasteiger partial charge in [-0.25, -0.2) is 4.39 Å². The predicted molar refractivity (Wildman–Crippen MR) is 121 cm³/mol. The highest BCUT2D eigenvalue weighted by molar-refractivity contribution is 6.02. The zero-order valence-electron chi connectivity index (χ0n) is 17.8. The van der Waals surface area contributed by atoms with E-state index < -0.39 is 0 Å². The maximum atomic E-state index is 14.2. The Morgan fingerprint density at radius 3 is 2.53 bits per heavy atom. The van der Waals surface area contributed by atoms with Gasteiger partial charge in [0.05, 0.1) is 11.3 Å². The number of aromatic nitrogens is 2. The predicted octanol–water partition coefficient (Wildman–Crippen LogP) is 3.35. The van der Waals surface area contributed by atoms with E-state index in [0.717, 1.165) is 24.1 Å². The summed E-state index contributed by atoms with van der Waals surface area (Å²) in [7, 11) is 0. The zero-order valence-corrected chi connectivity index (χ0v) is 17.8. The lowest BCUT2D eigenvalue weighted by Gasteiger charge is -2.37. The molecule has 0 aliphatic carbocycles. The van der Waals surface area contributed by atoms with E-state index in [1.807, 2.05) is 28.0 Å². The highest BCUT2D eigenvalue weighted by Gasteiger charge is 2.30. The van der Waals surface area contributed by atoms with Crippen molar-refractivity contribution in [2.24, 2.45) is 0 Å². The van der Waals surface area contributed by atoms with E-state index in [9.17, 15) is 14.0 Å². The molecular formula is C25H25FN4O2. The van der Waals surface area contributed by atoms with Crippen LogP contribution in [-0.2, 0) is 13.0 Å². The maximum absolute atomic E-state index is 14.2. The van der Waals surface area contributed by atoms with Crippen LogP contribution in [-0.4, -0.2) is 46.5 Å². The Morgan fingerprint density at radius 2 is 1.78 bits per heavy atom. The summed E-state index contributed by atoms with van der Waals surface area (Å²) < 4.78 is 16.0. The van der Waals surface area contributed by atoms with Crippen LogP contribution in [0.1, 0.15) is 28.9 Å². The summed E-state index contributed by atoms with van der Waals surface area (Å²) in [6.45, 7) is 2.76. The molecule has 0 bridgehead atoms.